The molecule has 0 bridgehead atoms. The summed E-state index contributed by atoms with van der Waals surface area (Å²) in [6.07, 6.45) is 9.70. The van der Waals surface area contributed by atoms with Crippen molar-refractivity contribution in [3.05, 3.63) is 0 Å². The molecule has 6 fully saturated rings. The lowest BCUT2D eigenvalue weighted by molar-refractivity contribution is -0.274. The minimum Gasteiger partial charge on any atom is -0.393 e. The maximum absolute atomic E-state index is 11.8. The second kappa shape index (κ2) is 6.93. The molecule has 2 saturated heterocycles. The molecule has 4 nitrogen and oxygen atoms in total. The molecule has 0 amide bonds. The van der Waals surface area contributed by atoms with Crippen LogP contribution in [0.3, 0.4) is 0 Å². The Bertz CT molecular complexity index is 716. The van der Waals surface area contributed by atoms with Gasteiger partial charge < -0.3 is 19.7 Å². The summed E-state index contributed by atoms with van der Waals surface area (Å²) in [4.78, 5) is 0. The van der Waals surface area contributed by atoms with E-state index < -0.39 is 5.79 Å². The lowest BCUT2D eigenvalue weighted by Crippen LogP contribution is -2.59. The molecule has 176 valence electrons. The van der Waals surface area contributed by atoms with Crippen LogP contribution >= 0.6 is 0 Å². The van der Waals surface area contributed by atoms with Crippen LogP contribution in [0.1, 0.15) is 85.5 Å². The van der Waals surface area contributed by atoms with Crippen molar-refractivity contribution >= 4 is 0 Å². The average Bonchev–Trinajstić information content (AvgIpc) is 3.18. The van der Waals surface area contributed by atoms with E-state index in [0.29, 0.717) is 46.8 Å². The highest BCUT2D eigenvalue weighted by Crippen LogP contribution is 2.71. The predicted octanol–water partition coefficient (Wildman–Crippen LogP) is 4.76. The van der Waals surface area contributed by atoms with Crippen molar-refractivity contribution < 1.29 is 19.7 Å². The number of aliphatic hydroxyl groups is 2. The van der Waals surface area contributed by atoms with Gasteiger partial charge in [-0.2, -0.15) is 0 Å². The van der Waals surface area contributed by atoms with E-state index in [4.69, 9.17) is 9.47 Å². The summed E-state index contributed by atoms with van der Waals surface area (Å²) in [5, 5.41) is 22.1. The Balaban J connectivity index is 1.29. The smallest absolute Gasteiger partial charge is 0.171 e. The molecule has 1 spiro atoms. The Labute approximate surface area is 188 Å². The van der Waals surface area contributed by atoms with Crippen molar-refractivity contribution in [1.29, 1.82) is 0 Å². The van der Waals surface area contributed by atoms with Crippen LogP contribution in [-0.2, 0) is 9.47 Å². The van der Waals surface area contributed by atoms with Crippen molar-refractivity contribution in [3.63, 3.8) is 0 Å². The molecule has 0 unspecified atom stereocenters. The highest BCUT2D eigenvalue weighted by atomic mass is 16.7. The summed E-state index contributed by atoms with van der Waals surface area (Å²) in [5.41, 5.74) is 0.233. The van der Waals surface area contributed by atoms with Crippen LogP contribution in [0.2, 0.25) is 0 Å². The molecule has 6 rings (SSSR count). The minimum absolute atomic E-state index is 0.0570. The number of rotatable bonds is 0. The Hall–Kier alpha value is -0.160. The lowest BCUT2D eigenvalue weighted by atomic mass is 9.43. The second-order valence-electron chi connectivity index (χ2n) is 13.2. The summed E-state index contributed by atoms with van der Waals surface area (Å²) < 4.78 is 13.3. The fourth-order valence-electron chi connectivity index (χ4n) is 10.2. The topological polar surface area (TPSA) is 58.9 Å². The minimum atomic E-state index is -0.407. The van der Waals surface area contributed by atoms with Gasteiger partial charge in [0.05, 0.1) is 24.9 Å². The van der Waals surface area contributed by atoms with E-state index in [1.54, 1.807) is 0 Å². The van der Waals surface area contributed by atoms with Crippen molar-refractivity contribution in [3.8, 4) is 0 Å². The zero-order valence-electron chi connectivity index (χ0n) is 20.1. The van der Waals surface area contributed by atoms with E-state index in [0.717, 1.165) is 45.1 Å². The first-order chi connectivity index (χ1) is 14.7. The van der Waals surface area contributed by atoms with Gasteiger partial charge in [0.15, 0.2) is 5.79 Å². The van der Waals surface area contributed by atoms with Crippen LogP contribution in [0.15, 0.2) is 0 Å². The number of hydrogen-bond donors (Lipinski definition) is 2. The highest BCUT2D eigenvalue weighted by molar-refractivity contribution is 5.17. The van der Waals surface area contributed by atoms with Crippen LogP contribution in [0.4, 0.5) is 0 Å². The molecule has 0 radical (unpaired) electrons. The SMILES string of the molecule is C[C@@H]1CC[C@@]2(OC1)O[C@H]1C[C@@H]3[C@@H]4CC[C@H]5C[C@@H](O)CC[C@]5(C)[C@H]4C[C@@H](O)[C@]3(C)[C@H]1[C@@H]2C. The Kier molecular flexibility index (Phi) is 4.78. The van der Waals surface area contributed by atoms with E-state index >= 15 is 0 Å². The summed E-state index contributed by atoms with van der Waals surface area (Å²) in [6, 6.07) is 0. The first-order valence-electron chi connectivity index (χ1n) is 13.4. The van der Waals surface area contributed by atoms with Crippen LogP contribution in [-0.4, -0.2) is 40.9 Å². The van der Waals surface area contributed by atoms with Crippen molar-refractivity contribution in [2.45, 2.75) is 110 Å². The number of fused-ring (bicyclic) bond motifs is 7. The van der Waals surface area contributed by atoms with E-state index in [9.17, 15) is 10.2 Å². The molecule has 0 aromatic heterocycles. The molecule has 0 aromatic carbocycles. The maximum Gasteiger partial charge on any atom is 0.171 e. The normalized spacial score (nSPS) is 63.3. The summed E-state index contributed by atoms with van der Waals surface area (Å²) in [5.74, 6) is 3.46. The molecule has 2 N–H and O–H groups in total. The highest BCUT2D eigenvalue weighted by Gasteiger charge is 2.71. The van der Waals surface area contributed by atoms with Crippen LogP contribution in [0, 0.1) is 52.3 Å². The summed E-state index contributed by atoms with van der Waals surface area (Å²) in [7, 11) is 0. The fraction of sp³-hybridized carbons (Fsp3) is 1.00. The molecule has 2 aliphatic heterocycles. The standard InChI is InChI=1S/C27H44O4/c1-15-7-10-27(30-14-15)16(2)24-22(31-27)12-21-19-6-5-17-11-18(28)8-9-25(17,3)20(19)13-23(29)26(21,24)4/h15-24,28-29H,5-14H2,1-4H3/t15-,16+,17+,18+,19-,20+,21-,22+,23-,24+,25+,26-,27-/m1/s1. The quantitative estimate of drug-likeness (QED) is 0.579. The maximum atomic E-state index is 11.8. The van der Waals surface area contributed by atoms with Crippen molar-refractivity contribution in [2.75, 3.05) is 6.61 Å². The lowest BCUT2D eigenvalue weighted by Gasteiger charge is -2.62. The largest absolute Gasteiger partial charge is 0.393 e. The number of hydrogen-bond acceptors (Lipinski definition) is 4. The molecule has 4 aliphatic carbocycles. The van der Waals surface area contributed by atoms with Gasteiger partial charge in [0, 0.05) is 23.7 Å². The monoisotopic (exact) mass is 432 g/mol. The van der Waals surface area contributed by atoms with Gasteiger partial charge >= 0.3 is 0 Å². The third-order valence-electron chi connectivity index (χ3n) is 12.0. The molecule has 2 heterocycles. The average molecular weight is 433 g/mol. The van der Waals surface area contributed by atoms with Gasteiger partial charge in [-0.05, 0) is 86.4 Å². The van der Waals surface area contributed by atoms with Crippen molar-refractivity contribution in [2.24, 2.45) is 52.3 Å². The molecule has 31 heavy (non-hydrogen) atoms. The molecule has 4 saturated carbocycles. The zero-order valence-corrected chi connectivity index (χ0v) is 20.1. The number of ether oxygens (including phenoxy) is 2. The predicted molar refractivity (Wildman–Crippen MR) is 119 cm³/mol. The van der Waals surface area contributed by atoms with Gasteiger partial charge in [-0.25, -0.2) is 0 Å². The molecule has 0 aromatic rings. The molecule has 6 aliphatic rings. The second-order valence-corrected chi connectivity index (χ2v) is 13.2. The molecule has 13 atom stereocenters. The van der Waals surface area contributed by atoms with E-state index in [-0.39, 0.29) is 23.7 Å². The van der Waals surface area contributed by atoms with Gasteiger partial charge in [0.2, 0.25) is 0 Å². The van der Waals surface area contributed by atoms with Gasteiger partial charge in [0.25, 0.3) is 0 Å². The zero-order chi connectivity index (χ0) is 21.8. The van der Waals surface area contributed by atoms with Gasteiger partial charge in [-0.15, -0.1) is 0 Å². The Morgan fingerprint density at radius 1 is 0.871 bits per heavy atom. The summed E-state index contributed by atoms with van der Waals surface area (Å²) in [6.45, 7) is 10.3. The van der Waals surface area contributed by atoms with Crippen LogP contribution in [0.25, 0.3) is 0 Å². The van der Waals surface area contributed by atoms with Gasteiger partial charge in [-0.1, -0.05) is 27.7 Å². The Morgan fingerprint density at radius 2 is 1.68 bits per heavy atom. The fourth-order valence-corrected chi connectivity index (χ4v) is 10.2. The number of aliphatic hydroxyl groups excluding tert-OH is 2. The first-order valence-corrected chi connectivity index (χ1v) is 13.4. The summed E-state index contributed by atoms with van der Waals surface area (Å²) >= 11 is 0. The van der Waals surface area contributed by atoms with E-state index in [1.807, 2.05) is 0 Å². The van der Waals surface area contributed by atoms with E-state index in [2.05, 4.69) is 27.7 Å². The third-order valence-corrected chi connectivity index (χ3v) is 12.0. The van der Waals surface area contributed by atoms with E-state index in [1.165, 1.54) is 19.3 Å². The molecule has 4 heteroatoms. The van der Waals surface area contributed by atoms with Crippen molar-refractivity contribution in [1.82, 2.24) is 0 Å². The Morgan fingerprint density at radius 3 is 2.42 bits per heavy atom. The molecular weight excluding hydrogens is 388 g/mol. The molecular formula is C27H44O4. The van der Waals surface area contributed by atoms with Crippen LogP contribution < -0.4 is 0 Å². The van der Waals surface area contributed by atoms with Gasteiger partial charge in [0.1, 0.15) is 0 Å². The first kappa shape index (κ1) is 21.4. The van der Waals surface area contributed by atoms with Gasteiger partial charge in [-0.3, -0.25) is 0 Å². The third kappa shape index (κ3) is 2.74. The van der Waals surface area contributed by atoms with Crippen LogP contribution in [0.5, 0.6) is 0 Å².